The third kappa shape index (κ3) is 5.37. The van der Waals surface area contributed by atoms with E-state index in [9.17, 15) is 9.59 Å². The van der Waals surface area contributed by atoms with Crippen molar-refractivity contribution in [3.8, 4) is 11.5 Å². The molecule has 2 amide bonds. The molecule has 1 fully saturated rings. The van der Waals surface area contributed by atoms with Crippen molar-refractivity contribution in [1.82, 2.24) is 4.90 Å². The Morgan fingerprint density at radius 1 is 1.00 bits per heavy atom. The van der Waals surface area contributed by atoms with Crippen LogP contribution in [0.3, 0.4) is 0 Å². The number of nitrogens with zero attached hydrogens (tertiary/aromatic N) is 1. The maximum absolute atomic E-state index is 12.9. The van der Waals surface area contributed by atoms with Gasteiger partial charge in [0.1, 0.15) is 0 Å². The topological polar surface area (TPSA) is 67.9 Å². The molecular weight excluding hydrogens is 392 g/mol. The fourth-order valence-corrected chi connectivity index (χ4v) is 3.89. The molecule has 1 aliphatic heterocycles. The lowest BCUT2D eigenvalue weighted by Crippen LogP contribution is -2.42. The third-order valence-corrected chi connectivity index (χ3v) is 5.59. The average Bonchev–Trinajstić information content (AvgIpc) is 2.76. The number of rotatable bonds is 7. The van der Waals surface area contributed by atoms with Crippen LogP contribution in [0.5, 0.6) is 11.5 Å². The second kappa shape index (κ2) is 10.3. The zero-order valence-electron chi connectivity index (χ0n) is 18.9. The monoisotopic (exact) mass is 424 g/mol. The molecule has 0 aromatic heterocycles. The molecule has 1 saturated heterocycles. The van der Waals surface area contributed by atoms with Crippen LogP contribution in [0.4, 0.5) is 5.69 Å². The normalized spacial score (nSPS) is 16.0. The lowest BCUT2D eigenvalue weighted by atomic mass is 10.0. The minimum atomic E-state index is -0.240. The van der Waals surface area contributed by atoms with E-state index in [0.29, 0.717) is 41.5 Å². The van der Waals surface area contributed by atoms with Gasteiger partial charge in [-0.15, -0.1) is 0 Å². The summed E-state index contributed by atoms with van der Waals surface area (Å²) in [5.41, 5.74) is 2.66. The number of amides is 2. The first kappa shape index (κ1) is 22.7. The van der Waals surface area contributed by atoms with E-state index in [1.807, 2.05) is 31.7 Å². The van der Waals surface area contributed by atoms with Crippen LogP contribution in [0, 0.1) is 6.92 Å². The van der Waals surface area contributed by atoms with Crippen LogP contribution >= 0.6 is 0 Å². The zero-order chi connectivity index (χ0) is 22.4. The predicted octanol–water partition coefficient (Wildman–Crippen LogP) is 5.06. The predicted molar refractivity (Wildman–Crippen MR) is 122 cm³/mol. The van der Waals surface area contributed by atoms with Gasteiger partial charge in [-0.2, -0.15) is 0 Å². The summed E-state index contributed by atoms with van der Waals surface area (Å²) >= 11 is 0. The summed E-state index contributed by atoms with van der Waals surface area (Å²) in [6.07, 6.45) is 3.27. The fraction of sp³-hybridized carbons (Fsp3) is 0.440. The Bertz CT molecular complexity index is 941. The quantitative estimate of drug-likeness (QED) is 0.675. The molecule has 0 saturated carbocycles. The molecule has 1 heterocycles. The van der Waals surface area contributed by atoms with E-state index in [2.05, 4.69) is 12.2 Å². The van der Waals surface area contributed by atoms with E-state index in [-0.39, 0.29) is 17.9 Å². The van der Waals surface area contributed by atoms with Crippen molar-refractivity contribution < 1.29 is 19.1 Å². The van der Waals surface area contributed by atoms with Crippen LogP contribution in [-0.2, 0) is 0 Å². The van der Waals surface area contributed by atoms with Crippen LogP contribution in [-0.4, -0.2) is 42.5 Å². The molecule has 0 aliphatic carbocycles. The molecule has 3 rings (SSSR count). The van der Waals surface area contributed by atoms with Crippen molar-refractivity contribution in [2.75, 3.05) is 25.1 Å². The lowest BCUT2D eigenvalue weighted by Gasteiger charge is -2.33. The SMILES string of the molecule is CCOc1ccc(C(=O)Nc2ccc(C(=O)N3CCCCC3C)cc2C)cc1OCC. The van der Waals surface area contributed by atoms with Crippen LogP contribution in [0.1, 0.15) is 66.3 Å². The average molecular weight is 425 g/mol. The number of aryl methyl sites for hydroxylation is 1. The first-order valence-electron chi connectivity index (χ1n) is 11.1. The van der Waals surface area contributed by atoms with Crippen LogP contribution in [0.25, 0.3) is 0 Å². The van der Waals surface area contributed by atoms with Gasteiger partial charge in [-0.3, -0.25) is 9.59 Å². The second-order valence-electron chi connectivity index (χ2n) is 7.85. The van der Waals surface area contributed by atoms with E-state index in [1.54, 1.807) is 30.3 Å². The number of likely N-dealkylation sites (tertiary alicyclic amines) is 1. The van der Waals surface area contributed by atoms with Gasteiger partial charge in [0.25, 0.3) is 11.8 Å². The van der Waals surface area contributed by atoms with Crippen molar-refractivity contribution in [3.05, 3.63) is 53.1 Å². The molecule has 6 heteroatoms. The van der Waals surface area contributed by atoms with E-state index >= 15 is 0 Å². The molecule has 166 valence electrons. The minimum absolute atomic E-state index is 0.0565. The number of carbonyl (C=O) groups excluding carboxylic acids is 2. The number of benzene rings is 2. The second-order valence-corrected chi connectivity index (χ2v) is 7.85. The van der Waals surface area contributed by atoms with Gasteiger partial charge in [0.15, 0.2) is 11.5 Å². The summed E-state index contributed by atoms with van der Waals surface area (Å²) in [6, 6.07) is 10.9. The number of hydrogen-bond acceptors (Lipinski definition) is 4. The summed E-state index contributed by atoms with van der Waals surface area (Å²) in [5.74, 6) is 0.981. The van der Waals surface area contributed by atoms with Crippen molar-refractivity contribution in [2.45, 2.75) is 53.0 Å². The molecule has 6 nitrogen and oxygen atoms in total. The molecular formula is C25H32N2O4. The number of carbonyl (C=O) groups is 2. The third-order valence-electron chi connectivity index (χ3n) is 5.59. The maximum Gasteiger partial charge on any atom is 0.255 e. The Morgan fingerprint density at radius 3 is 2.39 bits per heavy atom. The molecule has 2 aromatic rings. The Balaban J connectivity index is 1.74. The number of hydrogen-bond donors (Lipinski definition) is 1. The largest absolute Gasteiger partial charge is 0.490 e. The summed E-state index contributed by atoms with van der Waals surface area (Å²) < 4.78 is 11.2. The van der Waals surface area contributed by atoms with Crippen molar-refractivity contribution in [3.63, 3.8) is 0 Å². The maximum atomic E-state index is 12.9. The highest BCUT2D eigenvalue weighted by Crippen LogP contribution is 2.29. The van der Waals surface area contributed by atoms with E-state index in [1.165, 1.54) is 6.42 Å². The number of piperidine rings is 1. The number of ether oxygens (including phenoxy) is 2. The van der Waals surface area contributed by atoms with Gasteiger partial charge < -0.3 is 19.7 Å². The zero-order valence-corrected chi connectivity index (χ0v) is 18.9. The summed E-state index contributed by atoms with van der Waals surface area (Å²) in [7, 11) is 0. The highest BCUT2D eigenvalue weighted by Gasteiger charge is 2.24. The van der Waals surface area contributed by atoms with Gasteiger partial charge in [-0.1, -0.05) is 0 Å². The minimum Gasteiger partial charge on any atom is -0.490 e. The molecule has 2 aromatic carbocycles. The highest BCUT2D eigenvalue weighted by atomic mass is 16.5. The van der Waals surface area contributed by atoms with Gasteiger partial charge >= 0.3 is 0 Å². The van der Waals surface area contributed by atoms with Gasteiger partial charge in [0.05, 0.1) is 13.2 Å². The molecule has 0 spiro atoms. The molecule has 1 N–H and O–H groups in total. The summed E-state index contributed by atoms with van der Waals surface area (Å²) in [5, 5.41) is 2.94. The van der Waals surface area contributed by atoms with E-state index in [4.69, 9.17) is 9.47 Å². The Hall–Kier alpha value is -3.02. The summed E-state index contributed by atoms with van der Waals surface area (Å²) in [6.45, 7) is 9.60. The van der Waals surface area contributed by atoms with Gasteiger partial charge in [-0.25, -0.2) is 0 Å². The highest BCUT2D eigenvalue weighted by molar-refractivity contribution is 6.05. The molecule has 0 radical (unpaired) electrons. The Kier molecular flexibility index (Phi) is 7.55. The molecule has 31 heavy (non-hydrogen) atoms. The van der Waals surface area contributed by atoms with Crippen molar-refractivity contribution >= 4 is 17.5 Å². The Labute approximate surface area is 184 Å². The van der Waals surface area contributed by atoms with Crippen LogP contribution < -0.4 is 14.8 Å². The van der Waals surface area contributed by atoms with Crippen molar-refractivity contribution in [1.29, 1.82) is 0 Å². The lowest BCUT2D eigenvalue weighted by molar-refractivity contribution is 0.0635. The number of anilines is 1. The standard InChI is InChI=1S/C25H32N2O4/c1-5-30-22-13-11-19(16-23(22)31-6-2)24(28)26-21-12-10-20(15-17(21)3)25(29)27-14-8-7-9-18(27)4/h10-13,15-16,18H,5-9,14H2,1-4H3,(H,26,28). The molecule has 0 bridgehead atoms. The first-order chi connectivity index (χ1) is 14.9. The van der Waals surface area contributed by atoms with Gasteiger partial charge in [0, 0.05) is 29.4 Å². The first-order valence-corrected chi connectivity index (χ1v) is 11.1. The summed E-state index contributed by atoms with van der Waals surface area (Å²) in [4.78, 5) is 27.7. The fourth-order valence-electron chi connectivity index (χ4n) is 3.89. The molecule has 1 atom stereocenters. The smallest absolute Gasteiger partial charge is 0.255 e. The van der Waals surface area contributed by atoms with E-state index < -0.39 is 0 Å². The van der Waals surface area contributed by atoms with Gasteiger partial charge in [0.2, 0.25) is 0 Å². The van der Waals surface area contributed by atoms with E-state index in [0.717, 1.165) is 24.9 Å². The Morgan fingerprint density at radius 2 is 1.71 bits per heavy atom. The van der Waals surface area contributed by atoms with Crippen LogP contribution in [0.2, 0.25) is 0 Å². The number of nitrogens with one attached hydrogen (secondary N) is 1. The van der Waals surface area contributed by atoms with Gasteiger partial charge in [-0.05, 0) is 88.9 Å². The molecule has 1 aliphatic rings. The molecule has 1 unspecified atom stereocenters. The van der Waals surface area contributed by atoms with Crippen molar-refractivity contribution in [2.24, 2.45) is 0 Å². The van der Waals surface area contributed by atoms with Crippen LogP contribution in [0.15, 0.2) is 36.4 Å².